The standard InChI is InChI=1S/C23H29N5O/c29-23(10-12-25-13-15-26(16-14-25)22-7-3-4-11-24-22)28-18-17-27(19-8-9-19)20-5-1-2-6-21(20)28/h1-7,11,19H,8-10,12-18H2. The number of fused-ring (bicyclic) bond motifs is 1. The molecule has 0 atom stereocenters. The van der Waals surface area contributed by atoms with E-state index in [0.29, 0.717) is 12.5 Å². The Bertz CT molecular complexity index is 845. The van der Waals surface area contributed by atoms with Gasteiger partial charge in [0.05, 0.1) is 11.4 Å². The molecule has 0 radical (unpaired) electrons. The molecule has 2 aliphatic heterocycles. The number of anilines is 3. The summed E-state index contributed by atoms with van der Waals surface area (Å²) in [7, 11) is 0. The maximum atomic E-state index is 13.0. The number of hydrogen-bond donors (Lipinski definition) is 0. The van der Waals surface area contributed by atoms with E-state index in [-0.39, 0.29) is 5.91 Å². The first kappa shape index (κ1) is 18.4. The van der Waals surface area contributed by atoms with Crippen molar-refractivity contribution in [2.75, 3.05) is 60.5 Å². The topological polar surface area (TPSA) is 42.9 Å². The predicted octanol–water partition coefficient (Wildman–Crippen LogP) is 2.61. The Morgan fingerprint density at radius 3 is 2.38 bits per heavy atom. The second kappa shape index (κ2) is 8.03. The summed E-state index contributed by atoms with van der Waals surface area (Å²) < 4.78 is 0. The van der Waals surface area contributed by atoms with Gasteiger partial charge >= 0.3 is 0 Å². The SMILES string of the molecule is O=C(CCN1CCN(c2ccccn2)CC1)N1CCN(C2CC2)c2ccccc21. The monoisotopic (exact) mass is 391 g/mol. The van der Waals surface area contributed by atoms with Crippen LogP contribution in [-0.4, -0.2) is 67.6 Å². The van der Waals surface area contributed by atoms with E-state index in [1.54, 1.807) is 0 Å². The zero-order valence-corrected chi connectivity index (χ0v) is 16.9. The van der Waals surface area contributed by atoms with Gasteiger partial charge in [0.2, 0.25) is 5.91 Å². The number of carbonyl (C=O) groups excluding carboxylic acids is 1. The van der Waals surface area contributed by atoms with Gasteiger partial charge in [0.25, 0.3) is 0 Å². The maximum Gasteiger partial charge on any atom is 0.228 e. The minimum atomic E-state index is 0.250. The molecule has 1 aromatic heterocycles. The normalized spacial score (nSPS) is 19.9. The number of aromatic nitrogens is 1. The minimum Gasteiger partial charge on any atom is -0.365 e. The number of amides is 1. The van der Waals surface area contributed by atoms with Gasteiger partial charge in [-0.3, -0.25) is 9.69 Å². The molecule has 3 heterocycles. The number of para-hydroxylation sites is 2. The second-order valence-electron chi connectivity index (χ2n) is 8.23. The Morgan fingerprint density at radius 1 is 0.897 bits per heavy atom. The summed E-state index contributed by atoms with van der Waals surface area (Å²) >= 11 is 0. The molecule has 1 aliphatic carbocycles. The fourth-order valence-electron chi connectivity index (χ4n) is 4.54. The quantitative estimate of drug-likeness (QED) is 0.784. The molecular formula is C23H29N5O. The van der Waals surface area contributed by atoms with E-state index in [1.807, 2.05) is 29.3 Å². The van der Waals surface area contributed by atoms with Crippen molar-refractivity contribution in [1.82, 2.24) is 9.88 Å². The van der Waals surface area contributed by atoms with Gasteiger partial charge in [0.1, 0.15) is 5.82 Å². The number of piperazine rings is 1. The molecule has 6 heteroatoms. The van der Waals surface area contributed by atoms with Crippen LogP contribution in [0.5, 0.6) is 0 Å². The largest absolute Gasteiger partial charge is 0.365 e. The van der Waals surface area contributed by atoms with E-state index in [0.717, 1.165) is 57.3 Å². The number of rotatable bonds is 5. The molecule has 2 fully saturated rings. The average molecular weight is 392 g/mol. The third kappa shape index (κ3) is 3.94. The van der Waals surface area contributed by atoms with Crippen molar-refractivity contribution in [2.24, 2.45) is 0 Å². The fraction of sp³-hybridized carbons (Fsp3) is 0.478. The van der Waals surface area contributed by atoms with Gasteiger partial charge in [0.15, 0.2) is 0 Å². The summed E-state index contributed by atoms with van der Waals surface area (Å²) in [5.41, 5.74) is 2.33. The summed E-state index contributed by atoms with van der Waals surface area (Å²) in [5, 5.41) is 0. The lowest BCUT2D eigenvalue weighted by atomic mass is 10.1. The Hall–Kier alpha value is -2.60. The van der Waals surface area contributed by atoms with Crippen molar-refractivity contribution < 1.29 is 4.79 Å². The molecule has 1 saturated heterocycles. The molecule has 29 heavy (non-hydrogen) atoms. The third-order valence-electron chi connectivity index (χ3n) is 6.32. The van der Waals surface area contributed by atoms with Gasteiger partial charge in [-0.1, -0.05) is 18.2 Å². The Labute approximate surface area is 172 Å². The van der Waals surface area contributed by atoms with Crippen molar-refractivity contribution in [1.29, 1.82) is 0 Å². The van der Waals surface area contributed by atoms with Crippen LogP contribution in [0.2, 0.25) is 0 Å². The van der Waals surface area contributed by atoms with Crippen LogP contribution in [0.4, 0.5) is 17.2 Å². The van der Waals surface area contributed by atoms with Crippen molar-refractivity contribution in [3.8, 4) is 0 Å². The van der Waals surface area contributed by atoms with Crippen LogP contribution in [-0.2, 0) is 4.79 Å². The summed E-state index contributed by atoms with van der Waals surface area (Å²) in [6.07, 6.45) is 5.00. The van der Waals surface area contributed by atoms with E-state index in [2.05, 4.69) is 43.9 Å². The molecular weight excluding hydrogens is 362 g/mol. The van der Waals surface area contributed by atoms with Gasteiger partial charge < -0.3 is 14.7 Å². The van der Waals surface area contributed by atoms with Crippen LogP contribution in [0.3, 0.4) is 0 Å². The van der Waals surface area contributed by atoms with Gasteiger partial charge in [-0.15, -0.1) is 0 Å². The molecule has 5 rings (SSSR count). The summed E-state index contributed by atoms with van der Waals surface area (Å²) in [6, 6.07) is 15.1. The summed E-state index contributed by atoms with van der Waals surface area (Å²) in [6.45, 7) is 6.49. The van der Waals surface area contributed by atoms with Crippen molar-refractivity contribution in [2.45, 2.75) is 25.3 Å². The van der Waals surface area contributed by atoms with Crippen LogP contribution >= 0.6 is 0 Å². The Balaban J connectivity index is 1.16. The lowest BCUT2D eigenvalue weighted by Crippen LogP contribution is -2.49. The van der Waals surface area contributed by atoms with Gasteiger partial charge in [0, 0.05) is 64.5 Å². The maximum absolute atomic E-state index is 13.0. The zero-order valence-electron chi connectivity index (χ0n) is 16.9. The van der Waals surface area contributed by atoms with Crippen LogP contribution < -0.4 is 14.7 Å². The van der Waals surface area contributed by atoms with E-state index < -0.39 is 0 Å². The molecule has 0 unspecified atom stereocenters. The van der Waals surface area contributed by atoms with Gasteiger partial charge in [-0.25, -0.2) is 4.98 Å². The van der Waals surface area contributed by atoms with Crippen LogP contribution in [0.25, 0.3) is 0 Å². The van der Waals surface area contributed by atoms with Crippen LogP contribution in [0.15, 0.2) is 48.7 Å². The highest BCUT2D eigenvalue weighted by Crippen LogP contribution is 2.39. The van der Waals surface area contributed by atoms with E-state index in [1.165, 1.54) is 18.5 Å². The molecule has 0 N–H and O–H groups in total. The zero-order chi connectivity index (χ0) is 19.6. The first-order chi connectivity index (χ1) is 14.3. The van der Waals surface area contributed by atoms with Crippen molar-refractivity contribution in [3.63, 3.8) is 0 Å². The lowest BCUT2D eigenvalue weighted by Gasteiger charge is -2.39. The fourth-order valence-corrected chi connectivity index (χ4v) is 4.54. The molecule has 1 saturated carbocycles. The molecule has 0 bridgehead atoms. The number of pyridine rings is 1. The summed E-state index contributed by atoms with van der Waals surface area (Å²) in [4.78, 5) is 26.7. The predicted molar refractivity (Wildman–Crippen MR) is 117 cm³/mol. The van der Waals surface area contributed by atoms with E-state index in [4.69, 9.17) is 0 Å². The second-order valence-corrected chi connectivity index (χ2v) is 8.23. The van der Waals surface area contributed by atoms with Gasteiger partial charge in [-0.05, 0) is 37.1 Å². The highest BCUT2D eigenvalue weighted by atomic mass is 16.2. The van der Waals surface area contributed by atoms with E-state index >= 15 is 0 Å². The molecule has 2 aromatic rings. The molecule has 0 spiro atoms. The first-order valence-corrected chi connectivity index (χ1v) is 10.8. The molecule has 1 amide bonds. The highest BCUT2D eigenvalue weighted by Gasteiger charge is 2.35. The van der Waals surface area contributed by atoms with Crippen molar-refractivity contribution in [3.05, 3.63) is 48.7 Å². The Morgan fingerprint density at radius 2 is 1.66 bits per heavy atom. The number of carbonyl (C=O) groups is 1. The molecule has 1 aromatic carbocycles. The first-order valence-electron chi connectivity index (χ1n) is 10.8. The summed E-state index contributed by atoms with van der Waals surface area (Å²) in [5.74, 6) is 1.30. The highest BCUT2D eigenvalue weighted by molar-refractivity contribution is 5.98. The van der Waals surface area contributed by atoms with E-state index in [9.17, 15) is 4.79 Å². The third-order valence-corrected chi connectivity index (χ3v) is 6.32. The molecule has 3 aliphatic rings. The minimum absolute atomic E-state index is 0.250. The number of nitrogens with zero attached hydrogens (tertiary/aromatic N) is 5. The molecule has 6 nitrogen and oxygen atoms in total. The Kier molecular flexibility index (Phi) is 5.10. The lowest BCUT2D eigenvalue weighted by molar-refractivity contribution is -0.119. The van der Waals surface area contributed by atoms with Gasteiger partial charge in [-0.2, -0.15) is 0 Å². The average Bonchev–Trinajstić information content (AvgIpc) is 3.63. The van der Waals surface area contributed by atoms with Crippen LogP contribution in [0.1, 0.15) is 19.3 Å². The molecule has 152 valence electrons. The number of hydrogen-bond acceptors (Lipinski definition) is 5. The van der Waals surface area contributed by atoms with Crippen molar-refractivity contribution >= 4 is 23.1 Å². The number of benzene rings is 1. The van der Waals surface area contributed by atoms with Crippen LogP contribution in [0, 0.1) is 0 Å². The smallest absolute Gasteiger partial charge is 0.228 e.